The van der Waals surface area contributed by atoms with Crippen LogP contribution in [0, 0.1) is 12.8 Å². The maximum Gasteiger partial charge on any atom is 0.190 e. The minimum absolute atomic E-state index is 0.677. The quantitative estimate of drug-likeness (QED) is 0.403. The summed E-state index contributed by atoms with van der Waals surface area (Å²) in [5.74, 6) is 1.52. The van der Waals surface area contributed by atoms with Crippen LogP contribution in [0.4, 0.5) is 0 Å². The third kappa shape index (κ3) is 7.59. The molecule has 24 heavy (non-hydrogen) atoms. The fourth-order valence-corrected chi connectivity index (χ4v) is 3.36. The second-order valence-electron chi connectivity index (χ2n) is 6.02. The first-order valence-electron chi connectivity index (χ1n) is 8.79. The first-order valence-corrected chi connectivity index (χ1v) is 9.61. The molecule has 1 aromatic rings. The number of hydrogen-bond donors (Lipinski definition) is 2. The van der Waals surface area contributed by atoms with E-state index in [1.807, 2.05) is 6.20 Å². The fourth-order valence-electron chi connectivity index (χ4n) is 2.57. The van der Waals surface area contributed by atoms with Gasteiger partial charge in [0.05, 0.1) is 5.01 Å². The summed E-state index contributed by atoms with van der Waals surface area (Å²) in [5.41, 5.74) is 0. The van der Waals surface area contributed by atoms with Gasteiger partial charge in [-0.1, -0.05) is 0 Å². The lowest BCUT2D eigenvalue weighted by molar-refractivity contribution is 0.0203. The third-order valence-corrected chi connectivity index (χ3v) is 4.95. The largest absolute Gasteiger partial charge is 0.381 e. The summed E-state index contributed by atoms with van der Waals surface area (Å²) in [4.78, 5) is 9.86. The van der Waals surface area contributed by atoms with Crippen LogP contribution in [0.2, 0.25) is 0 Å². The molecule has 7 heteroatoms. The van der Waals surface area contributed by atoms with Crippen molar-refractivity contribution in [1.29, 1.82) is 0 Å². The van der Waals surface area contributed by atoms with E-state index in [-0.39, 0.29) is 0 Å². The molecule has 0 aliphatic carbocycles. The van der Waals surface area contributed by atoms with Crippen LogP contribution in [0.25, 0.3) is 0 Å². The van der Waals surface area contributed by atoms with Crippen molar-refractivity contribution >= 4 is 17.3 Å². The number of thiazole rings is 1. The van der Waals surface area contributed by atoms with E-state index < -0.39 is 0 Å². The summed E-state index contributed by atoms with van der Waals surface area (Å²) in [6, 6.07) is 0. The molecule has 2 rings (SSSR count). The molecule has 2 heterocycles. The summed E-state index contributed by atoms with van der Waals surface area (Å²) in [7, 11) is 1.80. The smallest absolute Gasteiger partial charge is 0.190 e. The molecule has 136 valence electrons. The molecule has 1 fully saturated rings. The van der Waals surface area contributed by atoms with Gasteiger partial charge in [0.2, 0.25) is 0 Å². The molecule has 0 atom stereocenters. The average Bonchev–Trinajstić information content (AvgIpc) is 3.02. The molecule has 2 N–H and O–H groups in total. The van der Waals surface area contributed by atoms with Crippen molar-refractivity contribution < 1.29 is 9.47 Å². The normalized spacial score (nSPS) is 16.3. The fraction of sp³-hybridized carbons (Fsp3) is 0.765. The van der Waals surface area contributed by atoms with Crippen molar-refractivity contribution in [2.24, 2.45) is 10.9 Å². The number of aliphatic imine (C=N–C) groups is 1. The van der Waals surface area contributed by atoms with Gasteiger partial charge in [0, 0.05) is 64.1 Å². The summed E-state index contributed by atoms with van der Waals surface area (Å²) in [6.45, 7) is 7.22. The number of aromatic nitrogens is 1. The summed E-state index contributed by atoms with van der Waals surface area (Å²) < 4.78 is 11.1. The Morgan fingerprint density at radius 1 is 1.38 bits per heavy atom. The highest BCUT2D eigenvalue weighted by atomic mass is 32.1. The molecule has 0 radical (unpaired) electrons. The van der Waals surface area contributed by atoms with Gasteiger partial charge >= 0.3 is 0 Å². The van der Waals surface area contributed by atoms with Crippen LogP contribution in [0.3, 0.4) is 0 Å². The zero-order chi connectivity index (χ0) is 17.0. The predicted molar refractivity (Wildman–Crippen MR) is 98.9 cm³/mol. The zero-order valence-corrected chi connectivity index (χ0v) is 15.7. The van der Waals surface area contributed by atoms with Crippen LogP contribution in [-0.4, -0.2) is 57.5 Å². The van der Waals surface area contributed by atoms with Crippen LogP contribution < -0.4 is 10.6 Å². The molecule has 0 saturated carbocycles. The van der Waals surface area contributed by atoms with Crippen molar-refractivity contribution in [2.45, 2.75) is 32.6 Å². The van der Waals surface area contributed by atoms with E-state index in [0.29, 0.717) is 5.92 Å². The Morgan fingerprint density at radius 3 is 2.88 bits per heavy atom. The number of guanidine groups is 1. The number of nitrogens with one attached hydrogen (secondary N) is 2. The molecule has 0 unspecified atom stereocenters. The standard InChI is InChI=1S/C17H30N4O2S/c1-14-12-21-16(24-14)4-8-20-17(18-2)19-7-3-9-23-13-15-5-10-22-11-6-15/h12,15H,3-11,13H2,1-2H3,(H2,18,19,20). The maximum absolute atomic E-state index is 5.77. The summed E-state index contributed by atoms with van der Waals surface area (Å²) in [6.07, 6.45) is 6.09. The van der Waals surface area contributed by atoms with Crippen LogP contribution >= 0.6 is 11.3 Å². The summed E-state index contributed by atoms with van der Waals surface area (Å²) in [5, 5.41) is 7.81. The molecule has 0 amide bonds. The molecule has 0 aromatic carbocycles. The monoisotopic (exact) mass is 354 g/mol. The van der Waals surface area contributed by atoms with Gasteiger partial charge in [-0.15, -0.1) is 11.3 Å². The molecule has 0 bridgehead atoms. The molecule has 1 aliphatic heterocycles. The van der Waals surface area contributed by atoms with Crippen molar-refractivity contribution in [3.8, 4) is 0 Å². The molecular weight excluding hydrogens is 324 g/mol. The first-order chi connectivity index (χ1) is 11.8. The zero-order valence-electron chi connectivity index (χ0n) is 14.8. The number of rotatable bonds is 9. The maximum atomic E-state index is 5.77. The van der Waals surface area contributed by atoms with Gasteiger partial charge in [-0.3, -0.25) is 4.99 Å². The van der Waals surface area contributed by atoms with Crippen LogP contribution in [0.5, 0.6) is 0 Å². The van der Waals surface area contributed by atoms with Crippen molar-refractivity contribution in [2.75, 3.05) is 46.6 Å². The minimum atomic E-state index is 0.677. The van der Waals surface area contributed by atoms with E-state index in [4.69, 9.17) is 9.47 Å². The van der Waals surface area contributed by atoms with Gasteiger partial charge < -0.3 is 20.1 Å². The Morgan fingerprint density at radius 2 is 2.17 bits per heavy atom. The van der Waals surface area contributed by atoms with Crippen LogP contribution in [-0.2, 0) is 15.9 Å². The Labute approximate surface area is 149 Å². The molecule has 1 aromatic heterocycles. The van der Waals surface area contributed by atoms with E-state index in [9.17, 15) is 0 Å². The number of nitrogens with zero attached hydrogens (tertiary/aromatic N) is 2. The van der Waals surface area contributed by atoms with E-state index in [0.717, 1.165) is 76.2 Å². The molecule has 6 nitrogen and oxygen atoms in total. The lowest BCUT2D eigenvalue weighted by atomic mass is 10.0. The average molecular weight is 355 g/mol. The molecular formula is C17H30N4O2S. The summed E-state index contributed by atoms with van der Waals surface area (Å²) >= 11 is 1.75. The Bertz CT molecular complexity index is 487. The highest BCUT2D eigenvalue weighted by Gasteiger charge is 2.13. The Kier molecular flexibility index (Phi) is 9.09. The van der Waals surface area contributed by atoms with Gasteiger partial charge in [0.1, 0.15) is 0 Å². The van der Waals surface area contributed by atoms with Crippen LogP contribution in [0.1, 0.15) is 29.1 Å². The van der Waals surface area contributed by atoms with Crippen molar-refractivity contribution in [1.82, 2.24) is 15.6 Å². The Balaban J connectivity index is 1.47. The van der Waals surface area contributed by atoms with Gasteiger partial charge in [-0.05, 0) is 32.1 Å². The highest BCUT2D eigenvalue weighted by molar-refractivity contribution is 7.11. The highest BCUT2D eigenvalue weighted by Crippen LogP contribution is 2.14. The van der Waals surface area contributed by atoms with Gasteiger partial charge in [0.25, 0.3) is 0 Å². The minimum Gasteiger partial charge on any atom is -0.381 e. The van der Waals surface area contributed by atoms with Crippen molar-refractivity contribution in [3.05, 3.63) is 16.1 Å². The van der Waals surface area contributed by atoms with Gasteiger partial charge in [0.15, 0.2) is 5.96 Å². The third-order valence-electron chi connectivity index (χ3n) is 3.98. The molecule has 1 saturated heterocycles. The van der Waals surface area contributed by atoms with E-state index >= 15 is 0 Å². The molecule has 1 aliphatic rings. The lowest BCUT2D eigenvalue weighted by Gasteiger charge is -2.21. The lowest BCUT2D eigenvalue weighted by Crippen LogP contribution is -2.39. The van der Waals surface area contributed by atoms with Gasteiger partial charge in [-0.2, -0.15) is 0 Å². The number of ether oxygens (including phenoxy) is 2. The Hall–Kier alpha value is -1.18. The van der Waals surface area contributed by atoms with Crippen molar-refractivity contribution in [3.63, 3.8) is 0 Å². The number of aryl methyl sites for hydroxylation is 1. The van der Waals surface area contributed by atoms with Gasteiger partial charge in [-0.25, -0.2) is 4.98 Å². The van der Waals surface area contributed by atoms with E-state index in [1.54, 1.807) is 18.4 Å². The first kappa shape index (κ1) is 19.1. The SMILES string of the molecule is CN=C(NCCCOCC1CCOCC1)NCCc1ncc(C)s1. The van der Waals surface area contributed by atoms with E-state index in [2.05, 4.69) is 27.5 Å². The van der Waals surface area contributed by atoms with Crippen LogP contribution in [0.15, 0.2) is 11.2 Å². The second kappa shape index (κ2) is 11.4. The van der Waals surface area contributed by atoms with E-state index in [1.165, 1.54) is 4.88 Å². The second-order valence-corrected chi connectivity index (χ2v) is 7.34. The number of hydrogen-bond acceptors (Lipinski definition) is 5. The molecule has 0 spiro atoms. The topological polar surface area (TPSA) is 67.8 Å². The predicted octanol–water partition coefficient (Wildman–Crippen LogP) is 1.99.